The van der Waals surface area contributed by atoms with E-state index in [0.29, 0.717) is 17.4 Å². The summed E-state index contributed by atoms with van der Waals surface area (Å²) in [7, 11) is 0. The molecule has 0 aromatic heterocycles. The summed E-state index contributed by atoms with van der Waals surface area (Å²) < 4.78 is 5.09. The van der Waals surface area contributed by atoms with E-state index in [1.807, 2.05) is 0 Å². The minimum atomic E-state index is -0.889. The van der Waals surface area contributed by atoms with Crippen LogP contribution in [0.5, 0.6) is 0 Å². The number of fused-ring (bicyclic) bond motifs is 1. The van der Waals surface area contributed by atoms with Crippen molar-refractivity contribution >= 4 is 24.2 Å². The number of aldehydes is 1. The highest BCUT2D eigenvalue weighted by Gasteiger charge is 2.39. The van der Waals surface area contributed by atoms with Gasteiger partial charge in [0.05, 0.1) is 17.2 Å². The monoisotopic (exact) mass is 358 g/mol. The summed E-state index contributed by atoms with van der Waals surface area (Å²) >= 11 is 0. The molecule has 26 heavy (non-hydrogen) atoms. The van der Waals surface area contributed by atoms with Gasteiger partial charge in [0.15, 0.2) is 0 Å². The number of imide groups is 1. The molecule has 1 atom stereocenters. The number of amides is 3. The van der Waals surface area contributed by atoms with E-state index in [1.54, 1.807) is 57.2 Å². The first kappa shape index (κ1) is 19.4. The second-order valence-electron chi connectivity index (χ2n) is 6.82. The summed E-state index contributed by atoms with van der Waals surface area (Å²) in [6.45, 7) is 5.50. The average molecular weight is 358 g/mol. The Balaban J connectivity index is 1.91. The van der Waals surface area contributed by atoms with Crippen LogP contribution in [0.4, 0.5) is 4.79 Å². The van der Waals surface area contributed by atoms with Crippen LogP contribution in [-0.2, 0) is 9.53 Å². The number of nitrogens with zero attached hydrogens (tertiary/aromatic N) is 1. The van der Waals surface area contributed by atoms with Gasteiger partial charge in [-0.25, -0.2) is 4.79 Å². The summed E-state index contributed by atoms with van der Waals surface area (Å²) in [5.74, 6) is -0.939. The molecule has 7 nitrogen and oxygen atoms in total. The van der Waals surface area contributed by atoms with E-state index in [9.17, 15) is 19.2 Å². The molecule has 7 heteroatoms. The zero-order chi connectivity index (χ0) is 19.3. The number of rotatable bonds is 6. The van der Waals surface area contributed by atoms with Crippen molar-refractivity contribution in [2.24, 2.45) is 0 Å². The quantitative estimate of drug-likeness (QED) is 0.479. The van der Waals surface area contributed by atoms with E-state index in [-0.39, 0.29) is 13.0 Å². The first-order chi connectivity index (χ1) is 12.2. The summed E-state index contributed by atoms with van der Waals surface area (Å²) in [4.78, 5) is 48.6. The van der Waals surface area contributed by atoms with Gasteiger partial charge < -0.3 is 14.8 Å². The molecule has 0 saturated carbocycles. The highest BCUT2D eigenvalue weighted by atomic mass is 16.6. The Bertz CT molecular complexity index is 714. The lowest BCUT2D eigenvalue weighted by Crippen LogP contribution is -2.40. The van der Waals surface area contributed by atoms with Crippen LogP contribution in [0.1, 0.15) is 47.9 Å². The normalized spacial score (nSPS) is 15.1. The Kier molecular flexibility index (Phi) is 5.92. The van der Waals surface area contributed by atoms with Crippen LogP contribution in [-0.4, -0.2) is 47.3 Å². The molecule has 1 aliphatic heterocycles. The largest absolute Gasteiger partial charge is 0.444 e. The molecule has 0 radical (unpaired) electrons. The number of hydrogen-bond acceptors (Lipinski definition) is 5. The van der Waals surface area contributed by atoms with Crippen LogP contribution in [0, 0.1) is 0 Å². The zero-order valence-electron chi connectivity index (χ0n) is 15.0. The van der Waals surface area contributed by atoms with E-state index in [1.165, 1.54) is 0 Å². The maximum absolute atomic E-state index is 12.4. The van der Waals surface area contributed by atoms with Gasteiger partial charge >= 0.3 is 6.09 Å². The molecular formula is C19H22N2O5. The van der Waals surface area contributed by atoms with Crippen molar-refractivity contribution in [3.8, 4) is 0 Å². The second-order valence-corrected chi connectivity index (χ2v) is 6.82. The van der Waals surface area contributed by atoms with Crippen molar-refractivity contribution in [3.05, 3.63) is 47.5 Å². The minimum Gasteiger partial charge on any atom is -0.444 e. The van der Waals surface area contributed by atoms with Crippen LogP contribution in [0.3, 0.4) is 0 Å². The SMILES string of the molecule is CC(C)(C)OC(=O)NC/C=C/CC(C=O)N1C(=O)c2ccccc2C1=O. The van der Waals surface area contributed by atoms with Gasteiger partial charge in [-0.3, -0.25) is 14.5 Å². The Labute approximate surface area is 152 Å². The molecule has 0 spiro atoms. The predicted octanol–water partition coefficient (Wildman–Crippen LogP) is 2.32. The average Bonchev–Trinajstić information content (AvgIpc) is 2.82. The van der Waals surface area contributed by atoms with E-state index >= 15 is 0 Å². The van der Waals surface area contributed by atoms with Gasteiger partial charge in [-0.1, -0.05) is 24.3 Å². The molecule has 1 unspecified atom stereocenters. The first-order valence-electron chi connectivity index (χ1n) is 8.28. The fourth-order valence-corrected chi connectivity index (χ4v) is 2.51. The third-order valence-corrected chi connectivity index (χ3v) is 3.62. The van der Waals surface area contributed by atoms with Crippen molar-refractivity contribution in [1.29, 1.82) is 0 Å². The maximum atomic E-state index is 12.4. The number of alkyl carbamates (subject to hydrolysis) is 1. The van der Waals surface area contributed by atoms with Crippen molar-refractivity contribution in [1.82, 2.24) is 10.2 Å². The number of carbonyl (C=O) groups is 4. The Hall–Kier alpha value is -2.96. The Morgan fingerprint density at radius 1 is 1.15 bits per heavy atom. The highest BCUT2D eigenvalue weighted by Crippen LogP contribution is 2.25. The number of hydrogen-bond donors (Lipinski definition) is 1. The van der Waals surface area contributed by atoms with Gasteiger partial charge in [0.1, 0.15) is 11.9 Å². The third kappa shape index (κ3) is 4.56. The van der Waals surface area contributed by atoms with Gasteiger partial charge in [0, 0.05) is 6.54 Å². The van der Waals surface area contributed by atoms with Crippen molar-refractivity contribution < 1.29 is 23.9 Å². The number of benzene rings is 1. The van der Waals surface area contributed by atoms with Crippen LogP contribution in [0.15, 0.2) is 36.4 Å². The third-order valence-electron chi connectivity index (χ3n) is 3.62. The summed E-state index contributed by atoms with van der Waals surface area (Å²) in [5.41, 5.74) is 0.0295. The van der Waals surface area contributed by atoms with Crippen molar-refractivity contribution in [2.45, 2.75) is 38.8 Å². The van der Waals surface area contributed by atoms with Gasteiger partial charge in [0.25, 0.3) is 11.8 Å². The molecule has 0 fully saturated rings. The Morgan fingerprint density at radius 3 is 2.23 bits per heavy atom. The molecule has 0 saturated heterocycles. The number of ether oxygens (including phenoxy) is 1. The van der Waals surface area contributed by atoms with Crippen molar-refractivity contribution in [2.75, 3.05) is 6.54 Å². The summed E-state index contributed by atoms with van der Waals surface area (Å²) in [6.07, 6.45) is 3.48. The second kappa shape index (κ2) is 7.95. The standard InChI is InChI=1S/C19H22N2O5/c1-19(2,3)26-18(25)20-11-7-6-8-13(12-22)21-16(23)14-9-4-5-10-15(14)17(21)24/h4-7,9-10,12-13H,8,11H2,1-3H3,(H,20,25)/b7-6+. The van der Waals surface area contributed by atoms with E-state index in [4.69, 9.17) is 4.74 Å². The highest BCUT2D eigenvalue weighted by molar-refractivity contribution is 6.22. The molecule has 0 aliphatic carbocycles. The van der Waals surface area contributed by atoms with Gasteiger partial charge in [-0.2, -0.15) is 0 Å². The molecule has 1 aromatic rings. The molecule has 138 valence electrons. The smallest absolute Gasteiger partial charge is 0.407 e. The fourth-order valence-electron chi connectivity index (χ4n) is 2.51. The fraction of sp³-hybridized carbons (Fsp3) is 0.368. The van der Waals surface area contributed by atoms with Crippen LogP contribution in [0.2, 0.25) is 0 Å². The summed E-state index contributed by atoms with van der Waals surface area (Å²) in [6, 6.07) is 5.59. The molecule has 2 rings (SSSR count). The van der Waals surface area contributed by atoms with Gasteiger partial charge in [0.2, 0.25) is 0 Å². The lowest BCUT2D eigenvalue weighted by molar-refractivity contribution is -0.111. The lowest BCUT2D eigenvalue weighted by atomic mass is 10.1. The predicted molar refractivity (Wildman–Crippen MR) is 94.8 cm³/mol. The minimum absolute atomic E-state index is 0.172. The van der Waals surface area contributed by atoms with E-state index < -0.39 is 29.6 Å². The molecule has 1 heterocycles. The van der Waals surface area contributed by atoms with E-state index in [0.717, 1.165) is 4.90 Å². The lowest BCUT2D eigenvalue weighted by Gasteiger charge is -2.20. The van der Waals surface area contributed by atoms with Gasteiger partial charge in [-0.15, -0.1) is 0 Å². The van der Waals surface area contributed by atoms with Crippen molar-refractivity contribution in [3.63, 3.8) is 0 Å². The first-order valence-corrected chi connectivity index (χ1v) is 8.28. The number of carbonyl (C=O) groups excluding carboxylic acids is 4. The molecule has 0 bridgehead atoms. The molecular weight excluding hydrogens is 336 g/mol. The summed E-state index contributed by atoms with van der Waals surface area (Å²) in [5, 5.41) is 2.55. The number of nitrogens with one attached hydrogen (secondary N) is 1. The molecule has 3 amide bonds. The Morgan fingerprint density at radius 2 is 1.73 bits per heavy atom. The van der Waals surface area contributed by atoms with Crippen LogP contribution in [0.25, 0.3) is 0 Å². The molecule has 1 aromatic carbocycles. The topological polar surface area (TPSA) is 92.8 Å². The maximum Gasteiger partial charge on any atom is 0.407 e. The zero-order valence-corrected chi connectivity index (χ0v) is 15.0. The molecule has 1 N–H and O–H groups in total. The van der Waals surface area contributed by atoms with E-state index in [2.05, 4.69) is 5.32 Å². The van der Waals surface area contributed by atoms with Crippen LogP contribution < -0.4 is 5.32 Å². The van der Waals surface area contributed by atoms with Gasteiger partial charge in [-0.05, 0) is 39.3 Å². The molecule has 1 aliphatic rings. The van der Waals surface area contributed by atoms with Crippen LogP contribution >= 0.6 is 0 Å².